The van der Waals surface area contributed by atoms with Crippen LogP contribution in [0, 0.1) is 5.92 Å². The van der Waals surface area contributed by atoms with E-state index in [-0.39, 0.29) is 6.17 Å². The van der Waals surface area contributed by atoms with Gasteiger partial charge in [-0.2, -0.15) is 11.8 Å². The van der Waals surface area contributed by atoms with Crippen molar-refractivity contribution in [2.24, 2.45) is 10.9 Å². The molecule has 4 nitrogen and oxygen atoms in total. The highest BCUT2D eigenvalue weighted by Crippen LogP contribution is 2.34. The van der Waals surface area contributed by atoms with Crippen LogP contribution in [0.3, 0.4) is 0 Å². The number of hydrogen-bond acceptors (Lipinski definition) is 5. The van der Waals surface area contributed by atoms with Gasteiger partial charge in [-0.15, -0.1) is 5.06 Å². The second kappa shape index (κ2) is 4.94. The molecule has 0 saturated heterocycles. The number of thioether (sulfide) groups is 1. The molecule has 0 N–H and O–H groups in total. The molecule has 0 aromatic rings. The molecule has 0 amide bonds. The summed E-state index contributed by atoms with van der Waals surface area (Å²) in [5.74, 6) is 1.37. The number of hydrogen-bond donors (Lipinski definition) is 0. The van der Waals surface area contributed by atoms with Gasteiger partial charge in [-0.1, -0.05) is 0 Å². The molecule has 0 bridgehead atoms. The Bertz CT molecular complexity index is 279. The second-order valence-corrected chi connectivity index (χ2v) is 5.70. The van der Waals surface area contributed by atoms with Crippen molar-refractivity contribution in [1.29, 1.82) is 0 Å². The summed E-state index contributed by atoms with van der Waals surface area (Å²) >= 11 is 1.82. The van der Waals surface area contributed by atoms with Crippen molar-refractivity contribution < 1.29 is 9.57 Å². The molecule has 1 fully saturated rings. The number of rotatable bonds is 4. The Morgan fingerprint density at radius 3 is 2.81 bits per heavy atom. The fraction of sp³-hybridized carbons (Fsp3) is 0.909. The Balaban J connectivity index is 1.93. The lowest BCUT2D eigenvalue weighted by molar-refractivity contribution is -0.0690. The van der Waals surface area contributed by atoms with Gasteiger partial charge in [0.1, 0.15) is 0 Å². The van der Waals surface area contributed by atoms with Crippen molar-refractivity contribution >= 4 is 17.7 Å². The van der Waals surface area contributed by atoms with Crippen LogP contribution in [0.25, 0.3) is 0 Å². The molecule has 1 saturated carbocycles. The number of nitrogens with zero attached hydrogens (tertiary/aromatic N) is 2. The van der Waals surface area contributed by atoms with Crippen LogP contribution >= 0.6 is 11.8 Å². The first-order valence-electron chi connectivity index (χ1n) is 5.69. The van der Waals surface area contributed by atoms with Crippen LogP contribution in [-0.2, 0) is 9.57 Å². The summed E-state index contributed by atoms with van der Waals surface area (Å²) in [6, 6.07) is 0. The first-order valence-corrected chi connectivity index (χ1v) is 6.98. The Hall–Kier alpha value is -0.260. The number of hydroxylamine groups is 2. The van der Waals surface area contributed by atoms with Crippen LogP contribution in [0.4, 0.5) is 0 Å². The monoisotopic (exact) mass is 244 g/mol. The fourth-order valence-corrected chi connectivity index (χ4v) is 2.57. The molecule has 0 aromatic heterocycles. The van der Waals surface area contributed by atoms with Crippen LogP contribution in [0.15, 0.2) is 4.99 Å². The number of aliphatic imine (C=N–C) groups is 1. The molecule has 0 spiro atoms. The van der Waals surface area contributed by atoms with Crippen LogP contribution in [0.5, 0.6) is 0 Å². The van der Waals surface area contributed by atoms with E-state index in [1.54, 1.807) is 7.11 Å². The maximum absolute atomic E-state index is 5.71. The van der Waals surface area contributed by atoms with Crippen LogP contribution < -0.4 is 0 Å². The van der Waals surface area contributed by atoms with E-state index in [9.17, 15) is 0 Å². The van der Waals surface area contributed by atoms with E-state index in [1.165, 1.54) is 0 Å². The van der Waals surface area contributed by atoms with E-state index >= 15 is 0 Å². The molecule has 5 heteroatoms. The smallest absolute Gasteiger partial charge is 0.214 e. The minimum Gasteiger partial charge on any atom is -0.388 e. The van der Waals surface area contributed by atoms with Gasteiger partial charge in [0.15, 0.2) is 6.17 Å². The van der Waals surface area contributed by atoms with Crippen LogP contribution in [-0.4, -0.2) is 48.9 Å². The molecule has 2 atom stereocenters. The van der Waals surface area contributed by atoms with Crippen LogP contribution in [0.2, 0.25) is 0 Å². The van der Waals surface area contributed by atoms with E-state index in [2.05, 4.69) is 18.2 Å². The normalized spacial score (nSPS) is 36.5. The van der Waals surface area contributed by atoms with Crippen molar-refractivity contribution in [2.45, 2.75) is 37.3 Å². The molecule has 2 unspecified atom stereocenters. The third kappa shape index (κ3) is 2.21. The molecule has 1 heterocycles. The molecule has 1 aliphatic carbocycles. The van der Waals surface area contributed by atoms with Gasteiger partial charge < -0.3 is 9.57 Å². The maximum atomic E-state index is 5.71. The quantitative estimate of drug-likeness (QED) is 0.755. The summed E-state index contributed by atoms with van der Waals surface area (Å²) in [5.41, 5.74) is 0. The second-order valence-electron chi connectivity index (χ2n) is 4.49. The molecule has 0 aromatic carbocycles. The third-order valence-corrected chi connectivity index (χ3v) is 4.43. The average Bonchev–Trinajstić information content (AvgIpc) is 2.58. The van der Waals surface area contributed by atoms with Gasteiger partial charge in [0.25, 0.3) is 0 Å². The van der Waals surface area contributed by atoms with E-state index in [0.717, 1.165) is 18.7 Å². The average molecular weight is 244 g/mol. The summed E-state index contributed by atoms with van der Waals surface area (Å²) < 4.78 is 5.27. The summed E-state index contributed by atoms with van der Waals surface area (Å²) in [6.45, 7) is 2.18. The minimum absolute atomic E-state index is 0.159. The predicted molar refractivity (Wildman–Crippen MR) is 66.6 cm³/mol. The Morgan fingerprint density at radius 1 is 1.56 bits per heavy atom. The number of ether oxygens (including phenoxy) is 1. The third-order valence-electron chi connectivity index (χ3n) is 3.44. The van der Waals surface area contributed by atoms with Gasteiger partial charge in [0, 0.05) is 25.3 Å². The topological polar surface area (TPSA) is 34.1 Å². The first kappa shape index (κ1) is 12.2. The van der Waals surface area contributed by atoms with Crippen molar-refractivity contribution in [1.82, 2.24) is 5.06 Å². The largest absolute Gasteiger partial charge is 0.388 e. The molecule has 1 aliphatic heterocycles. The molecule has 0 radical (unpaired) electrons. The summed E-state index contributed by atoms with van der Waals surface area (Å²) in [4.78, 5) is 10.4. The van der Waals surface area contributed by atoms with Crippen molar-refractivity contribution in [3.8, 4) is 0 Å². The molecular weight excluding hydrogens is 224 g/mol. The highest BCUT2D eigenvalue weighted by molar-refractivity contribution is 7.99. The van der Waals surface area contributed by atoms with E-state index in [1.807, 2.05) is 23.9 Å². The zero-order valence-corrected chi connectivity index (χ0v) is 11.2. The minimum atomic E-state index is 0.159. The fourth-order valence-electron chi connectivity index (χ4n) is 2.10. The summed E-state index contributed by atoms with van der Waals surface area (Å²) in [7, 11) is 3.73. The SMILES string of the molecule is COC1CC(C2=NC(C(C)SC)N(C)O2)C1. The van der Waals surface area contributed by atoms with Gasteiger partial charge in [0.2, 0.25) is 5.90 Å². The Labute approximate surface area is 101 Å². The van der Waals surface area contributed by atoms with Gasteiger partial charge in [-0.3, -0.25) is 0 Å². The van der Waals surface area contributed by atoms with Gasteiger partial charge >= 0.3 is 0 Å². The van der Waals surface area contributed by atoms with Gasteiger partial charge in [0.05, 0.1) is 6.10 Å². The molecular formula is C11H20N2O2S. The zero-order valence-electron chi connectivity index (χ0n) is 10.3. The number of methoxy groups -OCH3 is 1. The Kier molecular flexibility index (Phi) is 3.77. The lowest BCUT2D eigenvalue weighted by atomic mass is 9.82. The lowest BCUT2D eigenvalue weighted by Crippen LogP contribution is -2.37. The zero-order chi connectivity index (χ0) is 11.7. The van der Waals surface area contributed by atoms with E-state index in [0.29, 0.717) is 17.3 Å². The maximum Gasteiger partial charge on any atom is 0.214 e. The predicted octanol–water partition coefficient (Wildman–Crippen LogP) is 1.76. The van der Waals surface area contributed by atoms with Crippen molar-refractivity contribution in [3.63, 3.8) is 0 Å². The van der Waals surface area contributed by atoms with Crippen molar-refractivity contribution in [3.05, 3.63) is 0 Å². The van der Waals surface area contributed by atoms with Crippen LogP contribution in [0.1, 0.15) is 19.8 Å². The van der Waals surface area contributed by atoms with Gasteiger partial charge in [-0.25, -0.2) is 4.99 Å². The Morgan fingerprint density at radius 2 is 2.25 bits per heavy atom. The summed E-state index contributed by atoms with van der Waals surface area (Å²) in [6.07, 6.45) is 4.76. The standard InChI is InChI=1S/C11H20N2O2S/c1-7(16-4)10-12-11(15-13(10)2)8-5-9(6-8)14-3/h7-10H,5-6H2,1-4H3. The molecule has 92 valence electrons. The first-order chi connectivity index (χ1) is 7.65. The van der Waals surface area contributed by atoms with Gasteiger partial charge in [-0.05, 0) is 26.0 Å². The molecule has 2 aliphatic rings. The molecule has 16 heavy (non-hydrogen) atoms. The van der Waals surface area contributed by atoms with E-state index in [4.69, 9.17) is 9.57 Å². The summed E-state index contributed by atoms with van der Waals surface area (Å²) in [5, 5.41) is 2.33. The highest BCUT2D eigenvalue weighted by atomic mass is 32.2. The molecule has 2 rings (SSSR count). The van der Waals surface area contributed by atoms with E-state index < -0.39 is 0 Å². The van der Waals surface area contributed by atoms with Crippen molar-refractivity contribution in [2.75, 3.05) is 20.4 Å². The lowest BCUT2D eigenvalue weighted by Gasteiger charge is -2.33. The highest BCUT2D eigenvalue weighted by Gasteiger charge is 2.40.